The van der Waals surface area contributed by atoms with Crippen LogP contribution in [0.25, 0.3) is 0 Å². The van der Waals surface area contributed by atoms with Gasteiger partial charge in [-0.15, -0.1) is 0 Å². The zero-order valence-corrected chi connectivity index (χ0v) is 17.8. The van der Waals surface area contributed by atoms with Crippen LogP contribution >= 0.6 is 0 Å². The van der Waals surface area contributed by atoms with E-state index in [1.165, 1.54) is 0 Å². The van der Waals surface area contributed by atoms with E-state index in [4.69, 9.17) is 10.5 Å². The van der Waals surface area contributed by atoms with E-state index in [0.29, 0.717) is 31.2 Å². The minimum absolute atomic E-state index is 0.148. The summed E-state index contributed by atoms with van der Waals surface area (Å²) in [5.74, 6) is -0.748. The number of likely N-dealkylation sites (tertiary alicyclic amines) is 1. The first-order valence-electron chi connectivity index (χ1n) is 11.1. The van der Waals surface area contributed by atoms with E-state index in [-0.39, 0.29) is 24.3 Å². The molecule has 3 amide bonds. The Labute approximate surface area is 182 Å². The van der Waals surface area contributed by atoms with Crippen LogP contribution in [0.2, 0.25) is 0 Å². The largest absolute Gasteiger partial charge is 0.379 e. The number of ether oxygens (including phenoxy) is 1. The molecule has 3 atom stereocenters. The van der Waals surface area contributed by atoms with Gasteiger partial charge in [-0.25, -0.2) is 0 Å². The van der Waals surface area contributed by atoms with Crippen molar-refractivity contribution < 1.29 is 19.1 Å². The van der Waals surface area contributed by atoms with Crippen LogP contribution in [0, 0.1) is 11.3 Å². The molecule has 3 fully saturated rings. The number of hydrogen-bond acceptors (Lipinski definition) is 6. The van der Waals surface area contributed by atoms with Gasteiger partial charge < -0.3 is 20.7 Å². The fourth-order valence-electron chi connectivity index (χ4n) is 5.45. The van der Waals surface area contributed by atoms with E-state index in [9.17, 15) is 14.4 Å². The highest BCUT2D eigenvalue weighted by Gasteiger charge is 2.53. The molecule has 1 aliphatic carbocycles. The average Bonchev–Trinajstić information content (AvgIpc) is 2.82. The Kier molecular flexibility index (Phi) is 6.52. The van der Waals surface area contributed by atoms with Crippen LogP contribution in [-0.4, -0.2) is 84.5 Å². The first kappa shape index (κ1) is 21.7. The lowest BCUT2D eigenvalue weighted by Gasteiger charge is -2.53. The highest BCUT2D eigenvalue weighted by Crippen LogP contribution is 2.48. The standard InChI is InChI=1S/C22H31N5O4/c23-19(28)14-25-21(30)22-6-4-17(26-9-11-31-12-10-26)13-16(22)5-8-27(15-22)20(29)18-3-1-2-7-24-18/h1-3,7,16-17H,4-6,8-15H2,(H2,23,28)(H,25,30)/t16-,17-,22-/m1/s1. The van der Waals surface area contributed by atoms with Crippen molar-refractivity contribution in [2.45, 2.75) is 31.7 Å². The second-order valence-electron chi connectivity index (χ2n) is 8.81. The number of rotatable bonds is 5. The summed E-state index contributed by atoms with van der Waals surface area (Å²) in [7, 11) is 0. The number of carbonyl (C=O) groups is 3. The maximum atomic E-state index is 13.3. The molecule has 0 bridgehead atoms. The quantitative estimate of drug-likeness (QED) is 0.681. The number of primary amides is 1. The van der Waals surface area contributed by atoms with E-state index in [1.54, 1.807) is 29.3 Å². The SMILES string of the molecule is NC(=O)CNC(=O)[C@@]12CC[C@@H](N3CCOCC3)C[C@H]1CCN(C(=O)c1ccccn1)C2. The lowest BCUT2D eigenvalue weighted by atomic mass is 9.60. The van der Waals surface area contributed by atoms with Gasteiger partial charge in [0.1, 0.15) is 5.69 Å². The fourth-order valence-corrected chi connectivity index (χ4v) is 5.45. The zero-order valence-electron chi connectivity index (χ0n) is 17.8. The molecule has 31 heavy (non-hydrogen) atoms. The van der Waals surface area contributed by atoms with Crippen LogP contribution in [0.1, 0.15) is 36.2 Å². The van der Waals surface area contributed by atoms with Crippen molar-refractivity contribution in [2.24, 2.45) is 17.1 Å². The smallest absolute Gasteiger partial charge is 0.272 e. The molecule has 2 aliphatic heterocycles. The van der Waals surface area contributed by atoms with Crippen LogP contribution in [0.5, 0.6) is 0 Å². The van der Waals surface area contributed by atoms with Gasteiger partial charge in [0.05, 0.1) is 25.2 Å². The molecule has 4 rings (SSSR count). The Morgan fingerprint density at radius 1 is 1.19 bits per heavy atom. The third kappa shape index (κ3) is 4.57. The Morgan fingerprint density at radius 2 is 2.00 bits per heavy atom. The summed E-state index contributed by atoms with van der Waals surface area (Å²) in [4.78, 5) is 46.1. The van der Waals surface area contributed by atoms with Crippen molar-refractivity contribution in [3.05, 3.63) is 30.1 Å². The van der Waals surface area contributed by atoms with Crippen LogP contribution in [0.3, 0.4) is 0 Å². The summed E-state index contributed by atoms with van der Waals surface area (Å²) in [6, 6.07) is 5.68. The number of nitrogens with one attached hydrogen (secondary N) is 1. The van der Waals surface area contributed by atoms with Crippen molar-refractivity contribution in [2.75, 3.05) is 45.9 Å². The number of amides is 3. The molecule has 9 nitrogen and oxygen atoms in total. The number of pyridine rings is 1. The average molecular weight is 430 g/mol. The molecule has 0 aromatic carbocycles. The van der Waals surface area contributed by atoms with E-state index >= 15 is 0 Å². The van der Waals surface area contributed by atoms with Crippen molar-refractivity contribution in [1.29, 1.82) is 0 Å². The predicted octanol–water partition coefficient (Wildman–Crippen LogP) is 0.0163. The van der Waals surface area contributed by atoms with Gasteiger partial charge in [-0.05, 0) is 43.7 Å². The molecule has 3 aliphatic rings. The summed E-state index contributed by atoms with van der Waals surface area (Å²) in [5, 5.41) is 2.73. The molecular weight excluding hydrogens is 398 g/mol. The normalized spacial score (nSPS) is 29.1. The van der Waals surface area contributed by atoms with Gasteiger partial charge in [0.25, 0.3) is 5.91 Å². The summed E-state index contributed by atoms with van der Waals surface area (Å²) in [6.45, 7) is 4.09. The van der Waals surface area contributed by atoms with Gasteiger partial charge in [-0.3, -0.25) is 24.3 Å². The summed E-state index contributed by atoms with van der Waals surface area (Å²) < 4.78 is 5.49. The van der Waals surface area contributed by atoms with Gasteiger partial charge >= 0.3 is 0 Å². The number of carbonyl (C=O) groups excluding carboxylic acids is 3. The van der Waals surface area contributed by atoms with Crippen molar-refractivity contribution in [3.8, 4) is 0 Å². The molecule has 3 N–H and O–H groups in total. The molecule has 1 aromatic heterocycles. The van der Waals surface area contributed by atoms with Crippen LogP contribution in [0.4, 0.5) is 0 Å². The van der Waals surface area contributed by atoms with Gasteiger partial charge in [0, 0.05) is 38.4 Å². The second-order valence-corrected chi connectivity index (χ2v) is 8.81. The number of piperidine rings is 1. The Balaban J connectivity index is 1.53. The van der Waals surface area contributed by atoms with Crippen LogP contribution in [0.15, 0.2) is 24.4 Å². The predicted molar refractivity (Wildman–Crippen MR) is 113 cm³/mol. The van der Waals surface area contributed by atoms with Crippen molar-refractivity contribution in [3.63, 3.8) is 0 Å². The maximum absolute atomic E-state index is 13.3. The fraction of sp³-hybridized carbons (Fsp3) is 0.636. The highest BCUT2D eigenvalue weighted by atomic mass is 16.5. The number of nitrogens with zero attached hydrogens (tertiary/aromatic N) is 3. The van der Waals surface area contributed by atoms with Crippen molar-refractivity contribution >= 4 is 17.7 Å². The molecule has 3 heterocycles. The number of nitrogens with two attached hydrogens (primary N) is 1. The van der Waals surface area contributed by atoms with E-state index in [1.807, 2.05) is 0 Å². The number of aromatic nitrogens is 1. The molecule has 0 unspecified atom stereocenters. The summed E-state index contributed by atoms with van der Waals surface area (Å²) >= 11 is 0. The molecule has 2 saturated heterocycles. The minimum atomic E-state index is -0.707. The highest BCUT2D eigenvalue weighted by molar-refractivity contribution is 5.93. The lowest BCUT2D eigenvalue weighted by molar-refractivity contribution is -0.144. The molecular formula is C22H31N5O4. The van der Waals surface area contributed by atoms with E-state index in [0.717, 1.165) is 45.6 Å². The number of fused-ring (bicyclic) bond motifs is 1. The number of hydrogen-bond donors (Lipinski definition) is 2. The minimum Gasteiger partial charge on any atom is -0.379 e. The van der Waals surface area contributed by atoms with E-state index in [2.05, 4.69) is 15.2 Å². The molecule has 9 heteroatoms. The van der Waals surface area contributed by atoms with Crippen LogP contribution in [-0.2, 0) is 14.3 Å². The van der Waals surface area contributed by atoms with Gasteiger partial charge in [0.15, 0.2) is 0 Å². The second kappa shape index (κ2) is 9.32. The Bertz CT molecular complexity index is 813. The first-order chi connectivity index (χ1) is 15.0. The Morgan fingerprint density at radius 3 is 2.71 bits per heavy atom. The topological polar surface area (TPSA) is 118 Å². The maximum Gasteiger partial charge on any atom is 0.272 e. The zero-order chi connectivity index (χ0) is 21.8. The van der Waals surface area contributed by atoms with Gasteiger partial charge in [-0.2, -0.15) is 0 Å². The summed E-state index contributed by atoms with van der Waals surface area (Å²) in [5.41, 5.74) is 4.94. The Hall–Kier alpha value is -2.52. The summed E-state index contributed by atoms with van der Waals surface area (Å²) in [6.07, 6.45) is 4.82. The molecule has 0 spiro atoms. The third-order valence-corrected chi connectivity index (χ3v) is 7.09. The van der Waals surface area contributed by atoms with Gasteiger partial charge in [-0.1, -0.05) is 6.07 Å². The molecule has 1 saturated carbocycles. The first-order valence-corrected chi connectivity index (χ1v) is 11.1. The molecule has 1 aromatic rings. The van der Waals surface area contributed by atoms with E-state index < -0.39 is 11.3 Å². The monoisotopic (exact) mass is 429 g/mol. The van der Waals surface area contributed by atoms with Crippen LogP contribution < -0.4 is 11.1 Å². The molecule has 168 valence electrons. The molecule has 0 radical (unpaired) electrons. The number of morpholine rings is 1. The van der Waals surface area contributed by atoms with Gasteiger partial charge in [0.2, 0.25) is 11.8 Å². The lowest BCUT2D eigenvalue weighted by Crippen LogP contribution is -2.62. The third-order valence-electron chi connectivity index (χ3n) is 7.09. The van der Waals surface area contributed by atoms with Crippen molar-refractivity contribution in [1.82, 2.24) is 20.1 Å².